The Labute approximate surface area is 82.9 Å². The summed E-state index contributed by atoms with van der Waals surface area (Å²) in [5.41, 5.74) is 0. The molecule has 76 valence electrons. The molecule has 1 aromatic carbocycles. The minimum Gasteiger partial charge on any atom is -0.497 e. The molecule has 0 aliphatic rings. The Kier molecular flexibility index (Phi) is 3.79. The Morgan fingerprint density at radius 2 is 1.71 bits per heavy atom. The molecule has 0 saturated carbocycles. The SMILES string of the molecule is COC(=N)COc1ccc(OC)cc1. The molecule has 0 fully saturated rings. The molecule has 0 aromatic heterocycles. The monoisotopic (exact) mass is 195 g/mol. The molecule has 0 heterocycles. The number of hydrogen-bond donors (Lipinski definition) is 1. The fourth-order valence-electron chi connectivity index (χ4n) is 0.880. The zero-order chi connectivity index (χ0) is 10.4. The van der Waals surface area contributed by atoms with E-state index in [9.17, 15) is 0 Å². The second kappa shape index (κ2) is 5.11. The molecule has 1 N–H and O–H groups in total. The first kappa shape index (κ1) is 10.4. The van der Waals surface area contributed by atoms with E-state index in [2.05, 4.69) is 4.74 Å². The van der Waals surface area contributed by atoms with E-state index in [1.54, 1.807) is 31.4 Å². The summed E-state index contributed by atoms with van der Waals surface area (Å²) >= 11 is 0. The van der Waals surface area contributed by atoms with Crippen LogP contribution in [0.4, 0.5) is 0 Å². The zero-order valence-corrected chi connectivity index (χ0v) is 8.24. The lowest BCUT2D eigenvalue weighted by atomic mass is 10.3. The van der Waals surface area contributed by atoms with Gasteiger partial charge in [-0.25, -0.2) is 0 Å². The smallest absolute Gasteiger partial charge is 0.219 e. The van der Waals surface area contributed by atoms with Gasteiger partial charge in [0.15, 0.2) is 6.61 Å². The molecule has 0 saturated heterocycles. The predicted molar refractivity (Wildman–Crippen MR) is 53.2 cm³/mol. The Morgan fingerprint density at radius 1 is 1.14 bits per heavy atom. The molecule has 0 amide bonds. The van der Waals surface area contributed by atoms with Crippen LogP contribution in [-0.2, 0) is 4.74 Å². The van der Waals surface area contributed by atoms with Gasteiger partial charge in [-0.15, -0.1) is 0 Å². The maximum Gasteiger partial charge on any atom is 0.219 e. The van der Waals surface area contributed by atoms with E-state index in [4.69, 9.17) is 14.9 Å². The summed E-state index contributed by atoms with van der Waals surface area (Å²) in [7, 11) is 3.05. The lowest BCUT2D eigenvalue weighted by Crippen LogP contribution is -2.11. The van der Waals surface area contributed by atoms with E-state index in [-0.39, 0.29) is 12.5 Å². The summed E-state index contributed by atoms with van der Waals surface area (Å²) in [6.07, 6.45) is 0. The highest BCUT2D eigenvalue weighted by Gasteiger charge is 1.98. The van der Waals surface area contributed by atoms with Gasteiger partial charge in [0, 0.05) is 0 Å². The van der Waals surface area contributed by atoms with Gasteiger partial charge in [0.2, 0.25) is 5.90 Å². The lowest BCUT2D eigenvalue weighted by molar-refractivity contribution is 0.309. The third-order valence-corrected chi connectivity index (χ3v) is 1.68. The average Bonchev–Trinajstić information content (AvgIpc) is 2.26. The van der Waals surface area contributed by atoms with Crippen molar-refractivity contribution in [2.24, 2.45) is 0 Å². The third-order valence-electron chi connectivity index (χ3n) is 1.68. The van der Waals surface area contributed by atoms with Crippen molar-refractivity contribution < 1.29 is 14.2 Å². The lowest BCUT2D eigenvalue weighted by Gasteiger charge is -2.06. The molecule has 0 aliphatic heterocycles. The van der Waals surface area contributed by atoms with Crippen LogP contribution in [0.3, 0.4) is 0 Å². The summed E-state index contributed by atoms with van der Waals surface area (Å²) in [5.74, 6) is 1.56. The van der Waals surface area contributed by atoms with Crippen molar-refractivity contribution in [1.29, 1.82) is 5.41 Å². The molecule has 0 radical (unpaired) electrons. The molecular formula is C10H13NO3. The van der Waals surface area contributed by atoms with E-state index in [1.165, 1.54) is 7.11 Å². The number of ether oxygens (including phenoxy) is 3. The molecule has 0 aliphatic carbocycles. The normalized spacial score (nSPS) is 9.29. The minimum absolute atomic E-state index is 0.0980. The number of benzene rings is 1. The van der Waals surface area contributed by atoms with Crippen molar-refractivity contribution >= 4 is 5.90 Å². The van der Waals surface area contributed by atoms with E-state index in [0.29, 0.717) is 5.75 Å². The van der Waals surface area contributed by atoms with Crippen LogP contribution in [0.2, 0.25) is 0 Å². The van der Waals surface area contributed by atoms with Crippen molar-refractivity contribution in [3.63, 3.8) is 0 Å². The Balaban J connectivity index is 2.47. The van der Waals surface area contributed by atoms with Gasteiger partial charge in [-0.2, -0.15) is 0 Å². The maximum atomic E-state index is 7.19. The second-order valence-corrected chi connectivity index (χ2v) is 2.59. The summed E-state index contributed by atoms with van der Waals surface area (Å²) < 4.78 is 14.9. The van der Waals surface area contributed by atoms with Crippen LogP contribution in [0.5, 0.6) is 11.5 Å². The van der Waals surface area contributed by atoms with Crippen molar-refractivity contribution in [1.82, 2.24) is 0 Å². The largest absolute Gasteiger partial charge is 0.497 e. The zero-order valence-electron chi connectivity index (χ0n) is 8.24. The van der Waals surface area contributed by atoms with Gasteiger partial charge in [0.25, 0.3) is 0 Å². The van der Waals surface area contributed by atoms with Gasteiger partial charge in [0.05, 0.1) is 14.2 Å². The van der Waals surface area contributed by atoms with E-state index in [1.807, 2.05) is 0 Å². The highest BCUT2D eigenvalue weighted by molar-refractivity contribution is 5.73. The third kappa shape index (κ3) is 2.97. The fraction of sp³-hybridized carbons (Fsp3) is 0.300. The van der Waals surface area contributed by atoms with Crippen LogP contribution >= 0.6 is 0 Å². The van der Waals surface area contributed by atoms with E-state index < -0.39 is 0 Å². The molecule has 0 bridgehead atoms. The van der Waals surface area contributed by atoms with Crippen molar-refractivity contribution in [3.8, 4) is 11.5 Å². The van der Waals surface area contributed by atoms with Gasteiger partial charge < -0.3 is 14.2 Å². The van der Waals surface area contributed by atoms with Gasteiger partial charge >= 0.3 is 0 Å². The Hall–Kier alpha value is -1.71. The molecule has 0 atom stereocenters. The first-order chi connectivity index (χ1) is 6.76. The number of methoxy groups -OCH3 is 2. The maximum absolute atomic E-state index is 7.19. The first-order valence-electron chi connectivity index (χ1n) is 4.14. The first-order valence-corrected chi connectivity index (χ1v) is 4.14. The van der Waals surface area contributed by atoms with Crippen LogP contribution in [0.15, 0.2) is 24.3 Å². The summed E-state index contributed by atoms with van der Waals surface area (Å²) in [4.78, 5) is 0. The molecule has 4 nitrogen and oxygen atoms in total. The molecule has 1 aromatic rings. The van der Waals surface area contributed by atoms with Gasteiger partial charge in [-0.1, -0.05) is 0 Å². The molecule has 0 unspecified atom stereocenters. The molecular weight excluding hydrogens is 182 g/mol. The molecule has 4 heteroatoms. The Morgan fingerprint density at radius 3 is 2.21 bits per heavy atom. The number of rotatable bonds is 4. The van der Waals surface area contributed by atoms with Crippen LogP contribution in [0.1, 0.15) is 0 Å². The predicted octanol–water partition coefficient (Wildman–Crippen LogP) is 1.70. The van der Waals surface area contributed by atoms with Gasteiger partial charge in [-0.3, -0.25) is 5.41 Å². The topological polar surface area (TPSA) is 51.5 Å². The molecule has 0 spiro atoms. The van der Waals surface area contributed by atoms with Crippen LogP contribution in [-0.4, -0.2) is 26.7 Å². The second-order valence-electron chi connectivity index (χ2n) is 2.59. The van der Waals surface area contributed by atoms with Crippen LogP contribution in [0, 0.1) is 5.41 Å². The van der Waals surface area contributed by atoms with E-state index in [0.717, 1.165) is 5.75 Å². The number of nitrogens with one attached hydrogen (secondary N) is 1. The van der Waals surface area contributed by atoms with Crippen LogP contribution < -0.4 is 9.47 Å². The molecule has 14 heavy (non-hydrogen) atoms. The highest BCUT2D eigenvalue weighted by Crippen LogP contribution is 2.16. The van der Waals surface area contributed by atoms with Gasteiger partial charge in [0.1, 0.15) is 11.5 Å². The van der Waals surface area contributed by atoms with Crippen molar-refractivity contribution in [3.05, 3.63) is 24.3 Å². The molecule has 1 rings (SSSR count). The summed E-state index contributed by atoms with van der Waals surface area (Å²) in [5, 5.41) is 7.19. The van der Waals surface area contributed by atoms with Crippen LogP contribution in [0.25, 0.3) is 0 Å². The van der Waals surface area contributed by atoms with Gasteiger partial charge in [-0.05, 0) is 24.3 Å². The number of hydrogen-bond acceptors (Lipinski definition) is 4. The van der Waals surface area contributed by atoms with E-state index >= 15 is 0 Å². The average molecular weight is 195 g/mol. The quantitative estimate of drug-likeness (QED) is 0.587. The fourth-order valence-corrected chi connectivity index (χ4v) is 0.880. The summed E-state index contributed by atoms with van der Waals surface area (Å²) in [6, 6.07) is 7.15. The standard InChI is InChI=1S/C10H13NO3/c1-12-8-3-5-9(6-4-8)14-7-10(11)13-2/h3-6,11H,7H2,1-2H3. The highest BCUT2D eigenvalue weighted by atomic mass is 16.5. The Bertz CT molecular complexity index is 295. The van der Waals surface area contributed by atoms with Crippen molar-refractivity contribution in [2.75, 3.05) is 20.8 Å². The minimum atomic E-state index is 0.0980. The van der Waals surface area contributed by atoms with Crippen molar-refractivity contribution in [2.45, 2.75) is 0 Å². The summed E-state index contributed by atoms with van der Waals surface area (Å²) in [6.45, 7) is 0.142.